The molecule has 8 nitrogen and oxygen atoms in total. The highest BCUT2D eigenvalue weighted by Crippen LogP contribution is 2.31. The Morgan fingerprint density at radius 2 is 2.06 bits per heavy atom. The van der Waals surface area contributed by atoms with Crippen LogP contribution in [0.3, 0.4) is 0 Å². The Morgan fingerprint density at radius 1 is 1.21 bits per heavy atom. The normalized spacial score (nSPS) is 13.2. The summed E-state index contributed by atoms with van der Waals surface area (Å²) in [6.07, 6.45) is 3.00. The fraction of sp³-hybridized carbons (Fsp3) is 0.208. The quantitative estimate of drug-likeness (QED) is 0.493. The van der Waals surface area contributed by atoms with Gasteiger partial charge in [0, 0.05) is 43.1 Å². The van der Waals surface area contributed by atoms with Crippen molar-refractivity contribution in [1.29, 1.82) is 0 Å². The van der Waals surface area contributed by atoms with Gasteiger partial charge >= 0.3 is 6.09 Å². The first-order valence-corrected chi connectivity index (χ1v) is 10.8. The van der Waals surface area contributed by atoms with E-state index < -0.39 is 6.09 Å². The highest BCUT2D eigenvalue weighted by Gasteiger charge is 2.25. The molecule has 0 unspecified atom stereocenters. The van der Waals surface area contributed by atoms with Crippen LogP contribution in [0.2, 0.25) is 5.02 Å². The van der Waals surface area contributed by atoms with Gasteiger partial charge in [0.1, 0.15) is 12.4 Å². The lowest BCUT2D eigenvalue weighted by molar-refractivity contribution is 0.139. The first-order chi connectivity index (χ1) is 15.9. The molecule has 168 valence electrons. The van der Waals surface area contributed by atoms with Gasteiger partial charge in [-0.2, -0.15) is 0 Å². The van der Waals surface area contributed by atoms with E-state index >= 15 is 0 Å². The van der Waals surface area contributed by atoms with Gasteiger partial charge in [-0.3, -0.25) is 14.3 Å². The van der Waals surface area contributed by atoms with Gasteiger partial charge in [-0.15, -0.1) is 0 Å². The molecule has 5 rings (SSSR count). The number of benzene rings is 1. The monoisotopic (exact) mass is 464 g/mol. The van der Waals surface area contributed by atoms with Crippen molar-refractivity contribution in [1.82, 2.24) is 19.0 Å². The molecule has 0 fully saturated rings. The molecule has 0 atom stereocenters. The molecule has 1 N–H and O–H groups in total. The number of rotatable bonds is 4. The average molecular weight is 465 g/mol. The average Bonchev–Trinajstić information content (AvgIpc) is 3.09. The standard InChI is InChI=1S/C24H21ClN4O4/c1-27-21-10-17(4-5-19(21)20-7-8-28(24(31)32)13-22(20)27)29-9-6-18(11-23(29)30)33-14-16-3-2-15(25)12-26-16/h2-6,9-12H,7-8,13-14H2,1H3,(H,31,32). The van der Waals surface area contributed by atoms with Crippen molar-refractivity contribution in [3.8, 4) is 11.4 Å². The summed E-state index contributed by atoms with van der Waals surface area (Å²) in [7, 11) is 1.93. The molecular weight excluding hydrogens is 444 g/mol. The highest BCUT2D eigenvalue weighted by atomic mass is 35.5. The molecule has 1 aromatic carbocycles. The summed E-state index contributed by atoms with van der Waals surface area (Å²) in [6, 6.07) is 12.6. The van der Waals surface area contributed by atoms with E-state index in [1.807, 2.05) is 29.8 Å². The Balaban J connectivity index is 1.42. The van der Waals surface area contributed by atoms with E-state index in [1.54, 1.807) is 35.2 Å². The molecule has 0 bridgehead atoms. The van der Waals surface area contributed by atoms with E-state index in [4.69, 9.17) is 16.3 Å². The molecule has 0 saturated carbocycles. The Hall–Kier alpha value is -3.78. The van der Waals surface area contributed by atoms with E-state index in [0.717, 1.165) is 22.3 Å². The smallest absolute Gasteiger partial charge is 0.407 e. The first kappa shape index (κ1) is 21.1. The number of fused-ring (bicyclic) bond motifs is 3. The molecule has 1 aliphatic rings. The van der Waals surface area contributed by atoms with E-state index in [1.165, 1.54) is 16.5 Å². The first-order valence-electron chi connectivity index (χ1n) is 10.4. The van der Waals surface area contributed by atoms with Crippen LogP contribution < -0.4 is 10.3 Å². The lowest BCUT2D eigenvalue weighted by Crippen LogP contribution is -2.35. The number of halogens is 1. The van der Waals surface area contributed by atoms with E-state index in [9.17, 15) is 14.7 Å². The lowest BCUT2D eigenvalue weighted by Gasteiger charge is -2.25. The second-order valence-electron chi connectivity index (χ2n) is 7.97. The molecule has 0 spiro atoms. The van der Waals surface area contributed by atoms with Gasteiger partial charge in [-0.1, -0.05) is 17.7 Å². The van der Waals surface area contributed by atoms with Crippen molar-refractivity contribution in [2.75, 3.05) is 6.54 Å². The molecule has 1 amide bonds. The molecule has 1 aliphatic heterocycles. The van der Waals surface area contributed by atoms with Gasteiger partial charge < -0.3 is 19.3 Å². The molecular formula is C24H21ClN4O4. The number of pyridine rings is 2. The summed E-state index contributed by atoms with van der Waals surface area (Å²) < 4.78 is 9.28. The maximum absolute atomic E-state index is 12.8. The fourth-order valence-corrected chi connectivity index (χ4v) is 4.38. The molecule has 33 heavy (non-hydrogen) atoms. The van der Waals surface area contributed by atoms with Crippen LogP contribution in [0.15, 0.2) is 59.7 Å². The number of hydrogen-bond acceptors (Lipinski definition) is 4. The number of hydrogen-bond donors (Lipinski definition) is 1. The Morgan fingerprint density at radius 3 is 2.79 bits per heavy atom. The number of amides is 1. The van der Waals surface area contributed by atoms with Crippen LogP contribution in [0, 0.1) is 0 Å². The molecule has 0 saturated heterocycles. The third kappa shape index (κ3) is 3.93. The summed E-state index contributed by atoms with van der Waals surface area (Å²) >= 11 is 5.85. The minimum atomic E-state index is -0.910. The van der Waals surface area contributed by atoms with Crippen molar-refractivity contribution in [3.63, 3.8) is 0 Å². The zero-order valence-corrected chi connectivity index (χ0v) is 18.6. The predicted octanol–water partition coefficient (Wildman–Crippen LogP) is 3.99. The highest BCUT2D eigenvalue weighted by molar-refractivity contribution is 6.30. The van der Waals surface area contributed by atoms with Gasteiger partial charge in [-0.05, 0) is 42.3 Å². The Labute approximate surface area is 194 Å². The second kappa shape index (κ2) is 8.29. The van der Waals surface area contributed by atoms with Crippen molar-refractivity contribution >= 4 is 28.6 Å². The van der Waals surface area contributed by atoms with Crippen LogP contribution in [-0.4, -0.2) is 36.8 Å². The maximum Gasteiger partial charge on any atom is 0.407 e. The summed E-state index contributed by atoms with van der Waals surface area (Å²) in [6.45, 7) is 1.07. The SMILES string of the molecule is Cn1c2c(c3ccc(-n4ccc(OCc5ccc(Cl)cn5)cc4=O)cc31)CCN(C(=O)O)C2. The topological polar surface area (TPSA) is 89.6 Å². The third-order valence-corrected chi connectivity index (χ3v) is 6.23. The van der Waals surface area contributed by atoms with Crippen molar-refractivity contribution in [2.24, 2.45) is 7.05 Å². The van der Waals surface area contributed by atoms with Gasteiger partial charge in [-0.25, -0.2) is 4.79 Å². The van der Waals surface area contributed by atoms with Crippen LogP contribution in [0.1, 0.15) is 17.0 Å². The largest absolute Gasteiger partial charge is 0.487 e. The summed E-state index contributed by atoms with van der Waals surface area (Å²) in [5, 5.41) is 11.0. The van der Waals surface area contributed by atoms with Crippen LogP contribution in [0.5, 0.6) is 5.75 Å². The molecule has 0 radical (unpaired) electrons. The number of nitrogens with zero attached hydrogens (tertiary/aromatic N) is 4. The van der Waals surface area contributed by atoms with E-state index in [2.05, 4.69) is 4.98 Å². The lowest BCUT2D eigenvalue weighted by atomic mass is 10.0. The number of ether oxygens (including phenoxy) is 1. The van der Waals surface area contributed by atoms with Crippen molar-refractivity contribution in [2.45, 2.75) is 19.6 Å². The van der Waals surface area contributed by atoms with Gasteiger partial charge in [0.15, 0.2) is 0 Å². The van der Waals surface area contributed by atoms with Crippen LogP contribution in [-0.2, 0) is 26.6 Å². The molecule has 4 heterocycles. The Bertz CT molecular complexity index is 1430. The van der Waals surface area contributed by atoms with Crippen molar-refractivity contribution in [3.05, 3.63) is 87.2 Å². The summed E-state index contributed by atoms with van der Waals surface area (Å²) in [4.78, 5) is 29.8. The van der Waals surface area contributed by atoms with E-state index in [-0.39, 0.29) is 12.2 Å². The predicted molar refractivity (Wildman–Crippen MR) is 124 cm³/mol. The molecule has 0 aliphatic carbocycles. The van der Waals surface area contributed by atoms with Crippen molar-refractivity contribution < 1.29 is 14.6 Å². The minimum absolute atomic E-state index is 0.216. The number of carboxylic acid groups (broad SMARTS) is 1. The fourth-order valence-electron chi connectivity index (χ4n) is 4.27. The molecule has 9 heteroatoms. The van der Waals surface area contributed by atoms with Gasteiger partial charge in [0.05, 0.1) is 28.5 Å². The zero-order chi connectivity index (χ0) is 23.1. The minimum Gasteiger partial charge on any atom is -0.487 e. The van der Waals surface area contributed by atoms with Crippen LogP contribution in [0.4, 0.5) is 4.79 Å². The van der Waals surface area contributed by atoms with Crippen LogP contribution in [0.25, 0.3) is 16.6 Å². The second-order valence-corrected chi connectivity index (χ2v) is 8.40. The number of aromatic nitrogens is 3. The van der Waals surface area contributed by atoms with E-state index in [0.29, 0.717) is 36.0 Å². The van der Waals surface area contributed by atoms with Gasteiger partial charge in [0.2, 0.25) is 0 Å². The molecule has 4 aromatic rings. The number of aryl methyl sites for hydroxylation is 1. The Kier molecular flexibility index (Phi) is 5.30. The summed E-state index contributed by atoms with van der Waals surface area (Å²) in [5.41, 5.74) is 4.35. The van der Waals surface area contributed by atoms with Gasteiger partial charge in [0.25, 0.3) is 5.56 Å². The maximum atomic E-state index is 12.8. The molecule has 3 aromatic heterocycles. The summed E-state index contributed by atoms with van der Waals surface area (Å²) in [5.74, 6) is 0.456. The number of carbonyl (C=O) groups is 1. The zero-order valence-electron chi connectivity index (χ0n) is 17.9. The van der Waals surface area contributed by atoms with Crippen LogP contribution >= 0.6 is 11.6 Å². The third-order valence-electron chi connectivity index (χ3n) is 6.01.